The number of rotatable bonds is 4. The van der Waals surface area contributed by atoms with Gasteiger partial charge in [0.25, 0.3) is 0 Å². The molecule has 4 nitrogen and oxygen atoms in total. The average Bonchev–Trinajstić information content (AvgIpc) is 2.82. The van der Waals surface area contributed by atoms with Gasteiger partial charge in [0.15, 0.2) is 0 Å². The van der Waals surface area contributed by atoms with Crippen molar-refractivity contribution in [2.75, 3.05) is 0 Å². The minimum atomic E-state index is -0.0689. The van der Waals surface area contributed by atoms with Gasteiger partial charge in [0.2, 0.25) is 0 Å². The van der Waals surface area contributed by atoms with Gasteiger partial charge < -0.3 is 5.11 Å². The summed E-state index contributed by atoms with van der Waals surface area (Å²) in [4.78, 5) is 0. The van der Waals surface area contributed by atoms with Gasteiger partial charge >= 0.3 is 0 Å². The molecule has 18 heavy (non-hydrogen) atoms. The van der Waals surface area contributed by atoms with E-state index in [-0.39, 0.29) is 12.5 Å². The molecule has 0 spiro atoms. The van der Waals surface area contributed by atoms with Gasteiger partial charge in [0.1, 0.15) is 5.69 Å². The molecule has 0 aliphatic carbocycles. The first-order chi connectivity index (χ1) is 8.67. The summed E-state index contributed by atoms with van der Waals surface area (Å²) in [7, 11) is 0. The van der Waals surface area contributed by atoms with E-state index in [0.29, 0.717) is 5.69 Å². The smallest absolute Gasteiger partial charge is 0.112 e. The first-order valence-electron chi connectivity index (χ1n) is 6.32. The lowest BCUT2D eigenvalue weighted by atomic mass is 10.1. The summed E-state index contributed by atoms with van der Waals surface area (Å²) in [6, 6.07) is 8.28. The monoisotopic (exact) mass is 245 g/mol. The number of aliphatic hydroxyl groups is 1. The number of aromatic nitrogens is 3. The Morgan fingerprint density at radius 2 is 1.89 bits per heavy atom. The number of aliphatic hydroxyl groups excluding tert-OH is 1. The summed E-state index contributed by atoms with van der Waals surface area (Å²) in [5.74, 6) is 0.271. The van der Waals surface area contributed by atoms with Crippen molar-refractivity contribution in [3.8, 4) is 5.69 Å². The third-order valence-corrected chi connectivity index (χ3v) is 3.06. The van der Waals surface area contributed by atoms with Crippen LogP contribution in [0.4, 0.5) is 0 Å². The molecular formula is C14H19N3O. The lowest BCUT2D eigenvalue weighted by Crippen LogP contribution is -2.05. The van der Waals surface area contributed by atoms with Crippen LogP contribution in [0.25, 0.3) is 5.69 Å². The van der Waals surface area contributed by atoms with Gasteiger partial charge in [-0.2, -0.15) is 0 Å². The fourth-order valence-electron chi connectivity index (χ4n) is 2.07. The average molecular weight is 245 g/mol. The molecule has 1 heterocycles. The Hall–Kier alpha value is -1.68. The van der Waals surface area contributed by atoms with E-state index in [2.05, 4.69) is 43.2 Å². The van der Waals surface area contributed by atoms with Gasteiger partial charge in [-0.3, -0.25) is 0 Å². The normalized spacial score (nSPS) is 11.2. The van der Waals surface area contributed by atoms with Gasteiger partial charge in [-0.05, 0) is 30.0 Å². The Bertz CT molecular complexity index is 514. The molecule has 0 atom stereocenters. The van der Waals surface area contributed by atoms with Crippen LogP contribution in [0.1, 0.15) is 43.6 Å². The van der Waals surface area contributed by atoms with Crippen molar-refractivity contribution < 1.29 is 5.11 Å². The second-order valence-electron chi connectivity index (χ2n) is 4.67. The topological polar surface area (TPSA) is 50.9 Å². The third kappa shape index (κ3) is 2.29. The summed E-state index contributed by atoms with van der Waals surface area (Å²) in [5.41, 5.74) is 3.92. The number of nitrogens with zero attached hydrogens (tertiary/aromatic N) is 3. The highest BCUT2D eigenvalue weighted by Crippen LogP contribution is 2.21. The lowest BCUT2D eigenvalue weighted by molar-refractivity contribution is 0.275. The Kier molecular flexibility index (Phi) is 3.77. The third-order valence-electron chi connectivity index (χ3n) is 3.06. The number of hydrogen-bond donors (Lipinski definition) is 1. The van der Waals surface area contributed by atoms with E-state index in [1.54, 1.807) is 0 Å². The van der Waals surface area contributed by atoms with Crippen LogP contribution in [-0.2, 0) is 13.0 Å². The molecule has 0 saturated carbocycles. The molecule has 2 rings (SSSR count). The van der Waals surface area contributed by atoms with Crippen molar-refractivity contribution in [3.63, 3.8) is 0 Å². The van der Waals surface area contributed by atoms with Crippen LogP contribution < -0.4 is 0 Å². The molecule has 0 saturated heterocycles. The summed E-state index contributed by atoms with van der Waals surface area (Å²) < 4.78 is 1.82. The van der Waals surface area contributed by atoms with Crippen LogP contribution in [-0.4, -0.2) is 20.1 Å². The Morgan fingerprint density at radius 1 is 1.22 bits per heavy atom. The summed E-state index contributed by atoms with van der Waals surface area (Å²) >= 11 is 0. The highest BCUT2D eigenvalue weighted by molar-refractivity contribution is 5.36. The molecule has 4 heteroatoms. The standard InChI is InChI=1S/C14H19N3O/c1-4-11-5-7-12(8-6-11)17-14(10(2)3)13(9-18)15-16-17/h5-8,10,18H,4,9H2,1-3H3. The van der Waals surface area contributed by atoms with E-state index < -0.39 is 0 Å². The number of benzene rings is 1. The van der Waals surface area contributed by atoms with Crippen molar-refractivity contribution in [1.29, 1.82) is 0 Å². The predicted molar refractivity (Wildman–Crippen MR) is 70.7 cm³/mol. The molecule has 0 fully saturated rings. The maximum Gasteiger partial charge on any atom is 0.112 e. The summed E-state index contributed by atoms with van der Waals surface area (Å²) in [5, 5.41) is 17.5. The van der Waals surface area contributed by atoms with Gasteiger partial charge in [0.05, 0.1) is 18.0 Å². The molecule has 0 bridgehead atoms. The molecule has 0 radical (unpaired) electrons. The first kappa shape index (κ1) is 12.8. The minimum absolute atomic E-state index is 0.0689. The molecular weight excluding hydrogens is 226 g/mol. The van der Waals surface area contributed by atoms with Crippen molar-refractivity contribution in [2.45, 2.75) is 39.7 Å². The van der Waals surface area contributed by atoms with Crippen LogP contribution in [0.3, 0.4) is 0 Å². The van der Waals surface area contributed by atoms with Gasteiger partial charge in [-0.15, -0.1) is 5.10 Å². The predicted octanol–water partition coefficient (Wildman–Crippen LogP) is 2.45. The summed E-state index contributed by atoms with van der Waals surface area (Å²) in [6.45, 7) is 6.22. The van der Waals surface area contributed by atoms with Crippen LogP contribution in [0.2, 0.25) is 0 Å². The fraction of sp³-hybridized carbons (Fsp3) is 0.429. The van der Waals surface area contributed by atoms with Gasteiger partial charge in [-0.1, -0.05) is 38.1 Å². The number of hydrogen-bond acceptors (Lipinski definition) is 3. The second kappa shape index (κ2) is 5.31. The van der Waals surface area contributed by atoms with Gasteiger partial charge in [0, 0.05) is 0 Å². The summed E-state index contributed by atoms with van der Waals surface area (Å²) in [6.07, 6.45) is 1.02. The van der Waals surface area contributed by atoms with Crippen molar-refractivity contribution in [1.82, 2.24) is 15.0 Å². The van der Waals surface area contributed by atoms with Crippen molar-refractivity contribution >= 4 is 0 Å². The molecule has 0 aliphatic rings. The fourth-order valence-corrected chi connectivity index (χ4v) is 2.07. The first-order valence-corrected chi connectivity index (χ1v) is 6.32. The second-order valence-corrected chi connectivity index (χ2v) is 4.67. The molecule has 0 unspecified atom stereocenters. The molecule has 96 valence electrons. The number of aryl methyl sites for hydroxylation is 1. The van der Waals surface area contributed by atoms with E-state index in [9.17, 15) is 5.11 Å². The maximum atomic E-state index is 9.29. The quantitative estimate of drug-likeness (QED) is 0.900. The van der Waals surface area contributed by atoms with Crippen molar-refractivity contribution in [2.24, 2.45) is 0 Å². The van der Waals surface area contributed by atoms with Crippen LogP contribution in [0.5, 0.6) is 0 Å². The van der Waals surface area contributed by atoms with E-state index >= 15 is 0 Å². The van der Waals surface area contributed by atoms with Crippen molar-refractivity contribution in [3.05, 3.63) is 41.2 Å². The molecule has 1 aromatic carbocycles. The maximum absolute atomic E-state index is 9.29. The Balaban J connectivity index is 2.46. The highest BCUT2D eigenvalue weighted by atomic mass is 16.3. The Labute approximate surface area is 107 Å². The molecule has 0 aliphatic heterocycles. The zero-order valence-electron chi connectivity index (χ0n) is 11.1. The van der Waals surface area contributed by atoms with E-state index in [1.165, 1.54) is 5.56 Å². The van der Waals surface area contributed by atoms with Crippen LogP contribution in [0, 0.1) is 0 Å². The Morgan fingerprint density at radius 3 is 2.39 bits per heavy atom. The zero-order chi connectivity index (χ0) is 13.1. The van der Waals surface area contributed by atoms with Gasteiger partial charge in [-0.25, -0.2) is 4.68 Å². The lowest BCUT2D eigenvalue weighted by Gasteiger charge is -2.10. The largest absolute Gasteiger partial charge is 0.390 e. The highest BCUT2D eigenvalue weighted by Gasteiger charge is 2.16. The SMILES string of the molecule is CCc1ccc(-n2nnc(CO)c2C(C)C)cc1. The van der Waals surface area contributed by atoms with E-state index in [4.69, 9.17) is 0 Å². The minimum Gasteiger partial charge on any atom is -0.390 e. The molecule has 0 amide bonds. The van der Waals surface area contributed by atoms with E-state index in [0.717, 1.165) is 17.8 Å². The molecule has 1 aromatic heterocycles. The molecule has 1 N–H and O–H groups in total. The van der Waals surface area contributed by atoms with Crippen LogP contribution in [0.15, 0.2) is 24.3 Å². The zero-order valence-corrected chi connectivity index (χ0v) is 11.1. The van der Waals surface area contributed by atoms with E-state index in [1.807, 2.05) is 16.8 Å². The van der Waals surface area contributed by atoms with Crippen LogP contribution >= 0.6 is 0 Å². The molecule has 2 aromatic rings.